The number of fused-ring (bicyclic) bond motifs is 1. The molecular weight excluding hydrogens is 471 g/mol. The first-order chi connectivity index (χ1) is 17.2. The molecule has 1 aliphatic rings. The Kier molecular flexibility index (Phi) is 6.03. The molecule has 3 heterocycles. The maximum atomic E-state index is 13.9. The minimum absolute atomic E-state index is 0.0311. The molecule has 0 radical (unpaired) electrons. The highest BCUT2D eigenvalue weighted by molar-refractivity contribution is 5.93. The van der Waals surface area contributed by atoms with Crippen molar-refractivity contribution in [1.29, 1.82) is 0 Å². The van der Waals surface area contributed by atoms with Crippen LogP contribution in [0.15, 0.2) is 60.7 Å². The Morgan fingerprint density at radius 1 is 0.972 bits per heavy atom. The minimum Gasteiger partial charge on any atom is -0.495 e. The van der Waals surface area contributed by atoms with Gasteiger partial charge < -0.3 is 14.5 Å². The largest absolute Gasteiger partial charge is 0.495 e. The Bertz CT molecular complexity index is 1410. The van der Waals surface area contributed by atoms with Crippen LogP contribution in [0.1, 0.15) is 21.7 Å². The fourth-order valence-corrected chi connectivity index (χ4v) is 4.36. The van der Waals surface area contributed by atoms with Crippen LogP contribution < -0.4 is 9.64 Å². The molecule has 2 aromatic heterocycles. The number of hydrogen-bond donors (Lipinski definition) is 0. The van der Waals surface area contributed by atoms with Crippen molar-refractivity contribution >= 4 is 17.2 Å². The van der Waals surface area contributed by atoms with Gasteiger partial charge in [0.2, 0.25) is 0 Å². The highest BCUT2D eigenvalue weighted by Crippen LogP contribution is 2.33. The lowest BCUT2D eigenvalue weighted by Gasteiger charge is -2.36. The summed E-state index contributed by atoms with van der Waals surface area (Å²) in [4.78, 5) is 21.3. The van der Waals surface area contributed by atoms with E-state index in [0.717, 1.165) is 23.1 Å². The van der Waals surface area contributed by atoms with Crippen molar-refractivity contribution in [2.75, 3.05) is 38.2 Å². The van der Waals surface area contributed by atoms with Gasteiger partial charge >= 0.3 is 6.18 Å². The van der Waals surface area contributed by atoms with Crippen molar-refractivity contribution in [2.24, 2.45) is 0 Å². The average molecular weight is 496 g/mol. The molecule has 0 spiro atoms. The third kappa shape index (κ3) is 4.46. The summed E-state index contributed by atoms with van der Waals surface area (Å²) in [5.41, 5.74) is 1.55. The molecule has 1 saturated heterocycles. The molecule has 0 N–H and O–H groups in total. The van der Waals surface area contributed by atoms with Gasteiger partial charge in [0.05, 0.1) is 18.5 Å². The molecule has 4 aromatic rings. The Morgan fingerprint density at radius 3 is 2.33 bits per heavy atom. The van der Waals surface area contributed by atoms with E-state index >= 15 is 0 Å². The SMILES string of the molecule is COc1ccccc1N1CCN(C(=O)c2cc3nc(-c4ccc(C)cc4)cc(C(F)(F)F)n3n2)CC1. The minimum atomic E-state index is -4.67. The number of benzene rings is 2. The number of carbonyl (C=O) groups excluding carboxylic acids is 1. The zero-order valence-corrected chi connectivity index (χ0v) is 19.8. The number of ether oxygens (including phenoxy) is 1. The number of para-hydroxylation sites is 2. The predicted molar refractivity (Wildman–Crippen MR) is 129 cm³/mol. The summed E-state index contributed by atoms with van der Waals surface area (Å²) in [5, 5.41) is 4.02. The number of piperazine rings is 1. The van der Waals surface area contributed by atoms with Crippen LogP contribution >= 0.6 is 0 Å². The number of anilines is 1. The maximum absolute atomic E-state index is 13.9. The van der Waals surface area contributed by atoms with Crippen LogP contribution in [0.5, 0.6) is 5.75 Å². The van der Waals surface area contributed by atoms with Crippen molar-refractivity contribution in [3.8, 4) is 17.0 Å². The molecule has 5 rings (SSSR count). The lowest BCUT2D eigenvalue weighted by molar-refractivity contribution is -0.142. The first kappa shape index (κ1) is 23.7. The van der Waals surface area contributed by atoms with Gasteiger partial charge in [-0.15, -0.1) is 0 Å². The fourth-order valence-electron chi connectivity index (χ4n) is 4.36. The van der Waals surface area contributed by atoms with E-state index in [1.807, 2.05) is 43.3 Å². The fraction of sp³-hybridized carbons (Fsp3) is 0.269. The number of carbonyl (C=O) groups is 1. The van der Waals surface area contributed by atoms with Crippen LogP contribution in [-0.4, -0.2) is 58.7 Å². The highest BCUT2D eigenvalue weighted by atomic mass is 19.4. The molecule has 2 aromatic carbocycles. The molecule has 0 aliphatic carbocycles. The lowest BCUT2D eigenvalue weighted by Crippen LogP contribution is -2.49. The summed E-state index contributed by atoms with van der Waals surface area (Å²) in [7, 11) is 1.61. The summed E-state index contributed by atoms with van der Waals surface area (Å²) in [5.74, 6) is 0.318. The molecule has 36 heavy (non-hydrogen) atoms. The van der Waals surface area contributed by atoms with Gasteiger partial charge in [0.1, 0.15) is 5.75 Å². The third-order valence-electron chi connectivity index (χ3n) is 6.28. The van der Waals surface area contributed by atoms with Crippen LogP contribution in [0, 0.1) is 6.92 Å². The molecule has 10 heteroatoms. The number of nitrogens with zero attached hydrogens (tertiary/aromatic N) is 5. The zero-order valence-electron chi connectivity index (χ0n) is 19.8. The zero-order chi connectivity index (χ0) is 25.4. The van der Waals surface area contributed by atoms with E-state index in [4.69, 9.17) is 4.74 Å². The van der Waals surface area contributed by atoms with Gasteiger partial charge in [0.15, 0.2) is 17.0 Å². The molecule has 186 valence electrons. The van der Waals surface area contributed by atoms with Crippen molar-refractivity contribution in [3.63, 3.8) is 0 Å². The van der Waals surface area contributed by atoms with Gasteiger partial charge in [-0.1, -0.05) is 42.0 Å². The summed E-state index contributed by atoms with van der Waals surface area (Å²) in [6.45, 7) is 3.82. The number of methoxy groups -OCH3 is 1. The number of rotatable bonds is 4. The first-order valence-corrected chi connectivity index (χ1v) is 11.5. The molecule has 7 nitrogen and oxygen atoms in total. The molecule has 1 aliphatic heterocycles. The monoisotopic (exact) mass is 495 g/mol. The average Bonchev–Trinajstić information content (AvgIpc) is 3.32. The van der Waals surface area contributed by atoms with Gasteiger partial charge in [-0.05, 0) is 25.1 Å². The van der Waals surface area contributed by atoms with Crippen molar-refractivity contribution in [2.45, 2.75) is 13.1 Å². The maximum Gasteiger partial charge on any atom is 0.433 e. The van der Waals surface area contributed by atoms with Gasteiger partial charge in [-0.25, -0.2) is 9.50 Å². The van der Waals surface area contributed by atoms with E-state index in [1.54, 1.807) is 24.1 Å². The molecule has 0 saturated carbocycles. The summed E-state index contributed by atoms with van der Waals surface area (Å²) in [6, 6.07) is 17.0. The number of aromatic nitrogens is 3. The Labute approximate surface area is 205 Å². The van der Waals surface area contributed by atoms with Crippen molar-refractivity contribution in [1.82, 2.24) is 19.5 Å². The third-order valence-corrected chi connectivity index (χ3v) is 6.28. The molecule has 0 atom stereocenters. The normalized spacial score (nSPS) is 14.4. The van der Waals surface area contributed by atoms with Gasteiger partial charge in [0.25, 0.3) is 5.91 Å². The number of aryl methyl sites for hydroxylation is 1. The molecule has 1 fully saturated rings. The molecule has 0 unspecified atom stereocenters. The number of hydrogen-bond acceptors (Lipinski definition) is 5. The second kappa shape index (κ2) is 9.18. The Balaban J connectivity index is 1.42. The van der Waals surface area contributed by atoms with E-state index < -0.39 is 17.8 Å². The van der Waals surface area contributed by atoms with Gasteiger partial charge in [-0.2, -0.15) is 18.3 Å². The number of alkyl halides is 3. The topological polar surface area (TPSA) is 63.0 Å². The van der Waals surface area contributed by atoms with E-state index in [2.05, 4.69) is 15.0 Å². The smallest absolute Gasteiger partial charge is 0.433 e. The lowest BCUT2D eigenvalue weighted by atomic mass is 10.1. The molecule has 0 bridgehead atoms. The Morgan fingerprint density at radius 2 is 1.67 bits per heavy atom. The van der Waals surface area contributed by atoms with Crippen LogP contribution in [0.4, 0.5) is 18.9 Å². The predicted octanol–water partition coefficient (Wildman–Crippen LogP) is 4.69. The van der Waals surface area contributed by atoms with Crippen molar-refractivity contribution < 1.29 is 22.7 Å². The number of halogens is 3. The number of amides is 1. The highest BCUT2D eigenvalue weighted by Gasteiger charge is 2.36. The molecule has 1 amide bonds. The molecular formula is C26H24F3N5O2. The van der Waals surface area contributed by atoms with Crippen molar-refractivity contribution in [3.05, 3.63) is 77.6 Å². The van der Waals surface area contributed by atoms with E-state index in [-0.39, 0.29) is 17.0 Å². The summed E-state index contributed by atoms with van der Waals surface area (Å²) < 4.78 is 47.9. The second-order valence-electron chi connectivity index (χ2n) is 8.64. The second-order valence-corrected chi connectivity index (χ2v) is 8.64. The first-order valence-electron chi connectivity index (χ1n) is 11.5. The van der Waals surface area contributed by atoms with Crippen LogP contribution in [-0.2, 0) is 6.18 Å². The standard InChI is InChI=1S/C26H24F3N5O2/c1-17-7-9-18(10-8-17)19-15-23(26(27,28)29)34-24(30-19)16-20(31-34)25(35)33-13-11-32(12-14-33)21-5-3-4-6-22(21)36-2/h3-10,15-16H,11-14H2,1-2H3. The van der Waals surface area contributed by atoms with Crippen LogP contribution in [0.25, 0.3) is 16.9 Å². The van der Waals surface area contributed by atoms with Gasteiger partial charge in [0, 0.05) is 37.8 Å². The van der Waals surface area contributed by atoms with E-state index in [0.29, 0.717) is 36.3 Å². The Hall–Kier alpha value is -4.08. The van der Waals surface area contributed by atoms with E-state index in [1.165, 1.54) is 6.07 Å². The summed E-state index contributed by atoms with van der Waals surface area (Å²) >= 11 is 0. The quantitative estimate of drug-likeness (QED) is 0.411. The van der Waals surface area contributed by atoms with E-state index in [9.17, 15) is 18.0 Å². The van der Waals surface area contributed by atoms with Crippen LogP contribution in [0.2, 0.25) is 0 Å². The van der Waals surface area contributed by atoms with Crippen LogP contribution in [0.3, 0.4) is 0 Å². The summed E-state index contributed by atoms with van der Waals surface area (Å²) in [6.07, 6.45) is -4.67. The van der Waals surface area contributed by atoms with Gasteiger partial charge in [-0.3, -0.25) is 4.79 Å².